The summed E-state index contributed by atoms with van der Waals surface area (Å²) >= 11 is 0. The number of nitrogens with one attached hydrogen (secondary N) is 2. The number of carboxylic acids is 3. The minimum Gasteiger partial charge on any atom is -0.492 e. The highest BCUT2D eigenvalue weighted by molar-refractivity contribution is 5.86. The van der Waals surface area contributed by atoms with Gasteiger partial charge in [0.1, 0.15) is 24.4 Å². The molecule has 5 N–H and O–H groups in total. The number of aryl methyl sites for hydroxylation is 1. The average molecular weight is 509 g/mol. The summed E-state index contributed by atoms with van der Waals surface area (Å²) in [5.41, 5.74) is 1.27. The summed E-state index contributed by atoms with van der Waals surface area (Å²) in [4.78, 5) is 45.5. The fourth-order valence-corrected chi connectivity index (χ4v) is 3.11. The molecule has 0 radical (unpaired) electrons. The Morgan fingerprint density at radius 1 is 1.03 bits per heavy atom. The fourth-order valence-electron chi connectivity index (χ4n) is 3.11. The number of carbonyl (C=O) groups is 4. The predicted octanol–water partition coefficient (Wildman–Crippen LogP) is 0.872. The fraction of sp³-hybridized carbons (Fsp3) is 0.455. The van der Waals surface area contributed by atoms with E-state index in [2.05, 4.69) is 20.9 Å². The number of carbonyl (C=O) groups excluding carboxylic acids is 1. The Labute approximate surface area is 205 Å². The number of hydrogen-bond donors (Lipinski definition) is 5. The van der Waals surface area contributed by atoms with Gasteiger partial charge in [0.2, 0.25) is 0 Å². The third kappa shape index (κ3) is 9.95. The molecule has 2 atom stereocenters. The molecule has 1 aromatic heterocycles. The largest absolute Gasteiger partial charge is 0.492 e. The molecule has 2 rings (SSSR count). The van der Waals surface area contributed by atoms with Crippen LogP contribution in [0.15, 0.2) is 30.5 Å². The van der Waals surface area contributed by atoms with Gasteiger partial charge in [-0.05, 0) is 37.0 Å². The SMILES string of the molecule is O=C(O)CCC(NC(=O)NC(Cc1ccc(OCCn2cc(CCCF)nn2)cc1)C(=O)O)C(=O)O. The summed E-state index contributed by atoms with van der Waals surface area (Å²) in [5.74, 6) is -3.47. The molecule has 1 aromatic carbocycles. The molecule has 2 unspecified atom stereocenters. The number of aliphatic carboxylic acids is 3. The molecule has 0 aliphatic heterocycles. The summed E-state index contributed by atoms with van der Waals surface area (Å²) in [5, 5.41) is 39.4. The van der Waals surface area contributed by atoms with Gasteiger partial charge in [0.05, 0.1) is 18.9 Å². The molecule has 0 saturated heterocycles. The Balaban J connectivity index is 1.84. The lowest BCUT2D eigenvalue weighted by Gasteiger charge is -2.18. The number of urea groups is 1. The highest BCUT2D eigenvalue weighted by Crippen LogP contribution is 2.14. The van der Waals surface area contributed by atoms with E-state index in [-0.39, 0.29) is 19.4 Å². The number of benzene rings is 1. The second-order valence-electron chi connectivity index (χ2n) is 7.79. The number of ether oxygens (including phenoxy) is 1. The highest BCUT2D eigenvalue weighted by atomic mass is 19.1. The van der Waals surface area contributed by atoms with Crippen molar-refractivity contribution in [3.05, 3.63) is 41.7 Å². The van der Waals surface area contributed by atoms with Crippen molar-refractivity contribution in [3.8, 4) is 5.75 Å². The predicted molar refractivity (Wildman–Crippen MR) is 121 cm³/mol. The summed E-state index contributed by atoms with van der Waals surface area (Å²) < 4.78 is 19.5. The molecule has 1 heterocycles. The van der Waals surface area contributed by atoms with E-state index in [1.807, 2.05) is 0 Å². The van der Waals surface area contributed by atoms with Crippen LogP contribution in [-0.2, 0) is 33.8 Å². The van der Waals surface area contributed by atoms with Crippen molar-refractivity contribution in [2.75, 3.05) is 13.3 Å². The van der Waals surface area contributed by atoms with Crippen LogP contribution in [0.5, 0.6) is 5.75 Å². The third-order valence-electron chi connectivity index (χ3n) is 4.96. The lowest BCUT2D eigenvalue weighted by Crippen LogP contribution is -2.51. The molecule has 13 nitrogen and oxygen atoms in total. The minimum absolute atomic E-state index is 0.0868. The summed E-state index contributed by atoms with van der Waals surface area (Å²) in [7, 11) is 0. The topological polar surface area (TPSA) is 193 Å². The van der Waals surface area contributed by atoms with Crippen molar-refractivity contribution in [1.29, 1.82) is 0 Å². The molecule has 0 fully saturated rings. The summed E-state index contributed by atoms with van der Waals surface area (Å²) in [6, 6.07) is 2.64. The van der Waals surface area contributed by atoms with E-state index in [4.69, 9.17) is 14.9 Å². The maximum Gasteiger partial charge on any atom is 0.326 e. The van der Waals surface area contributed by atoms with Gasteiger partial charge in [-0.3, -0.25) is 9.18 Å². The van der Waals surface area contributed by atoms with Crippen LogP contribution in [0.1, 0.15) is 30.5 Å². The standard InChI is InChI=1S/C22H28FN5O8/c23-9-1-2-15-13-28(27-26-15)10-11-36-16-5-3-14(4-6-16)12-18(21(33)34)25-22(35)24-17(20(31)32)7-8-19(29)30/h3-6,13,17-18H,1-2,7-12H2,(H,29,30)(H,31,32)(H,33,34)(H2,24,25,35). The first-order valence-corrected chi connectivity index (χ1v) is 11.1. The Bertz CT molecular complexity index is 1030. The van der Waals surface area contributed by atoms with Gasteiger partial charge >= 0.3 is 23.9 Å². The Morgan fingerprint density at radius 2 is 1.69 bits per heavy atom. The number of rotatable bonds is 16. The van der Waals surface area contributed by atoms with Gasteiger partial charge in [-0.15, -0.1) is 5.10 Å². The second-order valence-corrected chi connectivity index (χ2v) is 7.79. The van der Waals surface area contributed by atoms with Crippen LogP contribution >= 0.6 is 0 Å². The molecule has 0 saturated carbocycles. The van der Waals surface area contributed by atoms with Crippen LogP contribution in [0.4, 0.5) is 9.18 Å². The Kier molecular flexibility index (Phi) is 11.1. The van der Waals surface area contributed by atoms with E-state index in [1.165, 1.54) is 0 Å². The maximum absolute atomic E-state index is 12.2. The molecule has 0 aliphatic rings. The van der Waals surface area contributed by atoms with Crippen LogP contribution in [0, 0.1) is 0 Å². The highest BCUT2D eigenvalue weighted by Gasteiger charge is 2.25. The van der Waals surface area contributed by atoms with Gasteiger partial charge in [0, 0.05) is 19.0 Å². The van der Waals surface area contributed by atoms with Crippen LogP contribution in [0.25, 0.3) is 0 Å². The van der Waals surface area contributed by atoms with Crippen LogP contribution in [-0.4, -0.2) is 79.6 Å². The van der Waals surface area contributed by atoms with E-state index >= 15 is 0 Å². The lowest BCUT2D eigenvalue weighted by atomic mass is 10.1. The Hall–Kier alpha value is -4.23. The molecule has 0 bridgehead atoms. The monoisotopic (exact) mass is 509 g/mol. The van der Waals surface area contributed by atoms with Crippen LogP contribution in [0.3, 0.4) is 0 Å². The van der Waals surface area contributed by atoms with Gasteiger partial charge in [0.15, 0.2) is 0 Å². The summed E-state index contributed by atoms with van der Waals surface area (Å²) in [6.45, 7) is 0.299. The molecule has 0 aliphatic carbocycles. The summed E-state index contributed by atoms with van der Waals surface area (Å²) in [6.07, 6.45) is 1.71. The average Bonchev–Trinajstić information content (AvgIpc) is 3.28. The number of hydrogen-bond acceptors (Lipinski definition) is 7. The molecule has 14 heteroatoms. The third-order valence-corrected chi connectivity index (χ3v) is 4.96. The first-order chi connectivity index (χ1) is 17.2. The van der Waals surface area contributed by atoms with E-state index in [0.717, 1.165) is 0 Å². The van der Waals surface area contributed by atoms with Crippen molar-refractivity contribution >= 4 is 23.9 Å². The van der Waals surface area contributed by atoms with Gasteiger partial charge in [-0.2, -0.15) is 0 Å². The minimum atomic E-state index is -1.48. The number of halogens is 1. The van der Waals surface area contributed by atoms with Gasteiger partial charge < -0.3 is 30.7 Å². The van der Waals surface area contributed by atoms with Crippen molar-refractivity contribution in [3.63, 3.8) is 0 Å². The molecule has 2 amide bonds. The van der Waals surface area contributed by atoms with Gasteiger partial charge in [-0.25, -0.2) is 19.1 Å². The van der Waals surface area contributed by atoms with Gasteiger partial charge in [-0.1, -0.05) is 17.3 Å². The second kappa shape index (κ2) is 14.2. The lowest BCUT2D eigenvalue weighted by molar-refractivity contribution is -0.140. The molecule has 0 spiro atoms. The number of aromatic nitrogens is 3. The van der Waals surface area contributed by atoms with E-state index < -0.39 is 49.1 Å². The maximum atomic E-state index is 12.2. The zero-order valence-corrected chi connectivity index (χ0v) is 19.3. The number of nitrogens with zero attached hydrogens (tertiary/aromatic N) is 3. The smallest absolute Gasteiger partial charge is 0.326 e. The molecular weight excluding hydrogens is 481 g/mol. The van der Waals surface area contributed by atoms with Crippen LogP contribution in [0.2, 0.25) is 0 Å². The normalized spacial score (nSPS) is 12.4. The van der Waals surface area contributed by atoms with Crippen molar-refractivity contribution in [2.24, 2.45) is 0 Å². The quantitative estimate of drug-likeness (QED) is 0.217. The first kappa shape index (κ1) is 28.0. The van der Waals surface area contributed by atoms with Crippen molar-refractivity contribution in [2.45, 2.75) is 50.7 Å². The first-order valence-electron chi connectivity index (χ1n) is 11.1. The van der Waals surface area contributed by atoms with E-state index in [1.54, 1.807) is 35.1 Å². The van der Waals surface area contributed by atoms with E-state index in [9.17, 15) is 28.7 Å². The molecular formula is C22H28FN5O8. The van der Waals surface area contributed by atoms with Crippen molar-refractivity contribution < 1.29 is 43.6 Å². The Morgan fingerprint density at radius 3 is 2.31 bits per heavy atom. The molecule has 2 aromatic rings. The van der Waals surface area contributed by atoms with Crippen LogP contribution < -0.4 is 15.4 Å². The molecule has 196 valence electrons. The number of carboxylic acid groups (broad SMARTS) is 3. The number of amides is 2. The zero-order chi connectivity index (χ0) is 26.5. The molecule has 36 heavy (non-hydrogen) atoms. The van der Waals surface area contributed by atoms with Gasteiger partial charge in [0.25, 0.3) is 0 Å². The van der Waals surface area contributed by atoms with E-state index in [0.29, 0.717) is 36.4 Å². The zero-order valence-electron chi connectivity index (χ0n) is 19.3. The number of alkyl halides is 1. The van der Waals surface area contributed by atoms with Crippen molar-refractivity contribution in [1.82, 2.24) is 25.6 Å².